The van der Waals surface area contributed by atoms with Gasteiger partial charge in [0.25, 0.3) is 0 Å². The van der Waals surface area contributed by atoms with Crippen LogP contribution in [0.15, 0.2) is 6.33 Å². The molecule has 3 heteroatoms. The summed E-state index contributed by atoms with van der Waals surface area (Å²) in [5.74, 6) is 0.691. The molecule has 3 nitrogen and oxygen atoms in total. The van der Waals surface area contributed by atoms with Crippen molar-refractivity contribution in [1.82, 2.24) is 9.55 Å². The van der Waals surface area contributed by atoms with E-state index in [4.69, 9.17) is 0 Å². The Hall–Kier alpha value is -1.12. The van der Waals surface area contributed by atoms with E-state index in [1.54, 1.807) is 6.33 Å². The number of ketones is 1. The van der Waals surface area contributed by atoms with Crippen molar-refractivity contribution in [3.05, 3.63) is 17.7 Å². The number of aromatic nitrogens is 2. The average molecular weight is 220 g/mol. The molecule has 1 aliphatic rings. The minimum atomic E-state index is 0.302. The molecule has 2 rings (SSSR count). The Morgan fingerprint density at radius 2 is 2.06 bits per heavy atom. The molecular formula is C13H20N2O. The Kier molecular flexibility index (Phi) is 3.42. The normalized spacial score (nSPS) is 17.6. The first-order valence-electron chi connectivity index (χ1n) is 6.19. The van der Waals surface area contributed by atoms with Crippen molar-refractivity contribution < 1.29 is 4.79 Å². The summed E-state index contributed by atoms with van der Waals surface area (Å²) in [5.41, 5.74) is 2.14. The van der Waals surface area contributed by atoms with E-state index in [2.05, 4.69) is 4.98 Å². The van der Waals surface area contributed by atoms with Gasteiger partial charge in [-0.25, -0.2) is 4.98 Å². The lowest BCUT2D eigenvalue weighted by Crippen LogP contribution is -2.22. The van der Waals surface area contributed by atoms with Crippen LogP contribution in [0.1, 0.15) is 43.5 Å². The van der Waals surface area contributed by atoms with Gasteiger partial charge in [0.1, 0.15) is 0 Å². The molecule has 0 aromatic carbocycles. The van der Waals surface area contributed by atoms with Crippen LogP contribution in [-0.4, -0.2) is 15.3 Å². The van der Waals surface area contributed by atoms with Crippen LogP contribution < -0.4 is 0 Å². The third-order valence-corrected chi connectivity index (χ3v) is 3.73. The van der Waals surface area contributed by atoms with E-state index in [9.17, 15) is 4.79 Å². The second-order valence-electron chi connectivity index (χ2n) is 4.84. The molecule has 0 saturated heterocycles. The summed E-state index contributed by atoms with van der Waals surface area (Å²) in [7, 11) is 0. The maximum atomic E-state index is 12.1. The van der Waals surface area contributed by atoms with Gasteiger partial charge in [-0.3, -0.25) is 4.79 Å². The third-order valence-electron chi connectivity index (χ3n) is 3.73. The molecule has 16 heavy (non-hydrogen) atoms. The Balaban J connectivity index is 1.98. The molecular weight excluding hydrogens is 200 g/mol. The molecule has 1 aromatic heterocycles. The maximum Gasteiger partial charge on any atom is 0.155 e. The zero-order valence-electron chi connectivity index (χ0n) is 10.2. The first-order valence-corrected chi connectivity index (χ1v) is 6.19. The van der Waals surface area contributed by atoms with E-state index in [-0.39, 0.29) is 0 Å². The molecule has 0 unspecified atom stereocenters. The fourth-order valence-electron chi connectivity index (χ4n) is 2.43. The summed E-state index contributed by atoms with van der Waals surface area (Å²) >= 11 is 0. The average Bonchev–Trinajstić information content (AvgIpc) is 2.62. The molecule has 0 atom stereocenters. The number of carbonyl (C=O) groups excluding carboxylic acids is 1. The lowest BCUT2D eigenvalue weighted by molar-refractivity contribution is -0.124. The molecule has 0 aliphatic heterocycles. The van der Waals surface area contributed by atoms with Crippen LogP contribution in [0.5, 0.6) is 0 Å². The Bertz CT molecular complexity index is 375. The van der Waals surface area contributed by atoms with Crippen molar-refractivity contribution >= 4 is 5.78 Å². The Morgan fingerprint density at radius 3 is 2.62 bits per heavy atom. The van der Waals surface area contributed by atoms with Crippen LogP contribution in [0.2, 0.25) is 0 Å². The topological polar surface area (TPSA) is 34.9 Å². The van der Waals surface area contributed by atoms with E-state index in [0.717, 1.165) is 24.2 Å². The molecule has 1 aromatic rings. The lowest BCUT2D eigenvalue weighted by Gasteiger charge is -2.20. The number of hydrogen-bond donors (Lipinski definition) is 0. The van der Waals surface area contributed by atoms with E-state index in [0.29, 0.717) is 18.2 Å². The van der Waals surface area contributed by atoms with Gasteiger partial charge in [-0.1, -0.05) is 19.3 Å². The van der Waals surface area contributed by atoms with Gasteiger partial charge in [0.05, 0.1) is 18.6 Å². The molecule has 1 heterocycles. The number of carbonyl (C=O) groups is 1. The van der Waals surface area contributed by atoms with Crippen molar-refractivity contribution in [2.75, 3.05) is 0 Å². The van der Waals surface area contributed by atoms with Gasteiger partial charge in [0.2, 0.25) is 0 Å². The summed E-state index contributed by atoms with van der Waals surface area (Å²) in [6.45, 7) is 4.52. The summed E-state index contributed by atoms with van der Waals surface area (Å²) in [6, 6.07) is 0. The van der Waals surface area contributed by atoms with Crippen molar-refractivity contribution in [2.45, 2.75) is 52.5 Å². The molecule has 1 fully saturated rings. The number of imidazole rings is 1. The van der Waals surface area contributed by atoms with Crippen molar-refractivity contribution in [3.8, 4) is 0 Å². The van der Waals surface area contributed by atoms with E-state index < -0.39 is 0 Å². The minimum Gasteiger partial charge on any atom is -0.327 e. The molecule has 0 radical (unpaired) electrons. The van der Waals surface area contributed by atoms with Gasteiger partial charge in [0.15, 0.2) is 5.78 Å². The lowest BCUT2D eigenvalue weighted by atomic mass is 9.86. The number of hydrogen-bond acceptors (Lipinski definition) is 2. The predicted molar refractivity (Wildman–Crippen MR) is 63.3 cm³/mol. The van der Waals surface area contributed by atoms with Crippen molar-refractivity contribution in [2.24, 2.45) is 5.92 Å². The number of rotatable bonds is 3. The van der Waals surface area contributed by atoms with Gasteiger partial charge in [-0.2, -0.15) is 0 Å². The molecule has 0 amide bonds. The summed E-state index contributed by atoms with van der Waals surface area (Å²) in [4.78, 5) is 16.3. The quantitative estimate of drug-likeness (QED) is 0.785. The first kappa shape index (κ1) is 11.4. The Labute approximate surface area is 96.9 Å². The highest BCUT2D eigenvalue weighted by Gasteiger charge is 2.21. The number of Topliss-reactive ketones (excluding diaryl/α,β-unsaturated/α-hetero) is 1. The summed E-state index contributed by atoms with van der Waals surface area (Å²) in [5, 5.41) is 0. The molecule has 0 bridgehead atoms. The van der Waals surface area contributed by atoms with Crippen molar-refractivity contribution in [3.63, 3.8) is 0 Å². The SMILES string of the molecule is Cc1ncn(CC(=O)C2CCCCC2)c1C. The van der Waals surface area contributed by atoms with Gasteiger partial charge >= 0.3 is 0 Å². The van der Waals surface area contributed by atoms with Gasteiger partial charge in [-0.15, -0.1) is 0 Å². The molecule has 1 saturated carbocycles. The summed E-state index contributed by atoms with van der Waals surface area (Å²) in [6.07, 6.45) is 7.70. The van der Waals surface area contributed by atoms with E-state index >= 15 is 0 Å². The standard InChI is InChI=1S/C13H20N2O/c1-10-11(2)15(9-14-10)8-13(16)12-6-4-3-5-7-12/h9,12H,3-8H2,1-2H3. The molecule has 0 N–H and O–H groups in total. The highest BCUT2D eigenvalue weighted by molar-refractivity contribution is 5.80. The second kappa shape index (κ2) is 4.81. The molecule has 88 valence electrons. The monoisotopic (exact) mass is 220 g/mol. The van der Waals surface area contributed by atoms with Crippen molar-refractivity contribution in [1.29, 1.82) is 0 Å². The van der Waals surface area contributed by atoms with Gasteiger partial charge in [-0.05, 0) is 26.7 Å². The zero-order chi connectivity index (χ0) is 11.5. The van der Waals surface area contributed by atoms with Crippen LogP contribution in [0.3, 0.4) is 0 Å². The van der Waals surface area contributed by atoms with Crippen LogP contribution in [0.4, 0.5) is 0 Å². The highest BCUT2D eigenvalue weighted by atomic mass is 16.1. The second-order valence-corrected chi connectivity index (χ2v) is 4.84. The molecule has 1 aliphatic carbocycles. The molecule has 0 spiro atoms. The Morgan fingerprint density at radius 1 is 1.38 bits per heavy atom. The number of nitrogens with zero attached hydrogens (tertiary/aromatic N) is 2. The highest BCUT2D eigenvalue weighted by Crippen LogP contribution is 2.25. The smallest absolute Gasteiger partial charge is 0.155 e. The third kappa shape index (κ3) is 2.34. The fraction of sp³-hybridized carbons (Fsp3) is 0.692. The van der Waals surface area contributed by atoms with Crippen LogP contribution in [-0.2, 0) is 11.3 Å². The number of aryl methyl sites for hydroxylation is 1. The van der Waals surface area contributed by atoms with Crippen LogP contribution in [0, 0.1) is 19.8 Å². The summed E-state index contributed by atoms with van der Waals surface area (Å²) < 4.78 is 1.98. The maximum absolute atomic E-state index is 12.1. The van der Waals surface area contributed by atoms with Gasteiger partial charge < -0.3 is 4.57 Å². The largest absolute Gasteiger partial charge is 0.327 e. The van der Waals surface area contributed by atoms with Crippen LogP contribution >= 0.6 is 0 Å². The van der Waals surface area contributed by atoms with E-state index in [1.807, 2.05) is 18.4 Å². The predicted octanol–water partition coefficient (Wildman–Crippen LogP) is 2.65. The van der Waals surface area contributed by atoms with E-state index in [1.165, 1.54) is 19.3 Å². The first-order chi connectivity index (χ1) is 7.68. The fourth-order valence-corrected chi connectivity index (χ4v) is 2.43. The minimum absolute atomic E-state index is 0.302. The van der Waals surface area contributed by atoms with Crippen LogP contribution in [0.25, 0.3) is 0 Å². The zero-order valence-corrected chi connectivity index (χ0v) is 10.2. The van der Waals surface area contributed by atoms with Gasteiger partial charge in [0, 0.05) is 11.6 Å².